The monoisotopic (exact) mass is 196 g/mol. The molecule has 6 heteroatoms. The van der Waals surface area contributed by atoms with Gasteiger partial charge in [0, 0.05) is 6.26 Å². The number of ketones is 1. The molecule has 0 aromatic heterocycles. The summed E-state index contributed by atoms with van der Waals surface area (Å²) in [6.07, 6.45) is -1.20. The average molecular weight is 196 g/mol. The van der Waals surface area contributed by atoms with Crippen LogP contribution >= 0.6 is 12.0 Å². The van der Waals surface area contributed by atoms with Crippen LogP contribution in [-0.4, -0.2) is 52.8 Å². The van der Waals surface area contributed by atoms with Crippen LogP contribution < -0.4 is 0 Å². The van der Waals surface area contributed by atoms with Crippen LogP contribution in [0.15, 0.2) is 0 Å². The van der Waals surface area contributed by atoms with Crippen molar-refractivity contribution in [3.8, 4) is 0 Å². The molecule has 0 aromatic carbocycles. The zero-order valence-corrected chi connectivity index (χ0v) is 7.45. The van der Waals surface area contributed by atoms with Gasteiger partial charge in [-0.25, -0.2) is 0 Å². The molecule has 12 heavy (non-hydrogen) atoms. The van der Waals surface area contributed by atoms with Gasteiger partial charge >= 0.3 is 0 Å². The first-order valence-corrected chi connectivity index (χ1v) is 4.43. The van der Waals surface area contributed by atoms with Crippen LogP contribution in [0.3, 0.4) is 0 Å². The third-order valence-electron chi connectivity index (χ3n) is 1.21. The summed E-state index contributed by atoms with van der Waals surface area (Å²) in [4.78, 5) is 10.6. The van der Waals surface area contributed by atoms with Crippen molar-refractivity contribution in [3.63, 3.8) is 0 Å². The van der Waals surface area contributed by atoms with E-state index in [0.717, 1.165) is 12.0 Å². The zero-order valence-electron chi connectivity index (χ0n) is 6.64. The normalized spacial score (nSPS) is 15.7. The van der Waals surface area contributed by atoms with Crippen LogP contribution in [0.1, 0.15) is 0 Å². The highest BCUT2D eigenvalue weighted by Crippen LogP contribution is 2.01. The molecule has 0 heterocycles. The highest BCUT2D eigenvalue weighted by atomic mass is 32.2. The molecule has 0 fully saturated rings. The van der Waals surface area contributed by atoms with E-state index in [0.29, 0.717) is 0 Å². The summed E-state index contributed by atoms with van der Waals surface area (Å²) < 4.78 is 4.68. The molecule has 3 N–H and O–H groups in total. The second-order valence-electron chi connectivity index (χ2n) is 2.09. The topological polar surface area (TPSA) is 87.0 Å². The summed E-state index contributed by atoms with van der Waals surface area (Å²) in [5.41, 5.74) is 0. The van der Waals surface area contributed by atoms with Crippen LogP contribution in [-0.2, 0) is 8.98 Å². The van der Waals surface area contributed by atoms with Gasteiger partial charge in [-0.3, -0.25) is 4.79 Å². The Morgan fingerprint density at radius 2 is 2.17 bits per heavy atom. The average Bonchev–Trinajstić information content (AvgIpc) is 2.11. The number of aliphatic hydroxyl groups excluding tert-OH is 3. The number of Topliss-reactive ketones (excluding diaryl/α,β-unsaturated/α-hetero) is 1. The summed E-state index contributed by atoms with van der Waals surface area (Å²) in [6.45, 7) is -0.925. The largest absolute Gasteiger partial charge is 0.388 e. The molecule has 0 bridgehead atoms. The lowest BCUT2D eigenvalue weighted by atomic mass is 10.1. The minimum absolute atomic E-state index is 0.145. The SMILES string of the molecule is CSOC[C@@H](O)[C@@H](O)C(=O)CO. The summed E-state index contributed by atoms with van der Waals surface area (Å²) >= 11 is 1.02. The number of hydrogen-bond acceptors (Lipinski definition) is 6. The van der Waals surface area contributed by atoms with Crippen molar-refractivity contribution < 1.29 is 24.3 Å². The fraction of sp³-hybridized carbons (Fsp3) is 0.833. The molecule has 0 saturated carbocycles. The molecule has 72 valence electrons. The molecule has 0 radical (unpaired) electrons. The third-order valence-corrected chi connectivity index (χ3v) is 1.58. The maximum absolute atomic E-state index is 10.6. The van der Waals surface area contributed by atoms with Crippen LogP contribution in [0, 0.1) is 0 Å². The second-order valence-corrected chi connectivity index (χ2v) is 2.66. The van der Waals surface area contributed by atoms with E-state index in [-0.39, 0.29) is 6.61 Å². The number of hydrogen-bond donors (Lipinski definition) is 3. The fourth-order valence-corrected chi connectivity index (χ4v) is 0.813. The van der Waals surface area contributed by atoms with E-state index in [9.17, 15) is 4.79 Å². The van der Waals surface area contributed by atoms with Crippen molar-refractivity contribution >= 4 is 17.8 Å². The molecule has 0 spiro atoms. The number of rotatable bonds is 6. The Balaban J connectivity index is 3.75. The maximum atomic E-state index is 10.6. The minimum atomic E-state index is -1.57. The molecule has 0 aromatic rings. The quantitative estimate of drug-likeness (QED) is 0.451. The van der Waals surface area contributed by atoms with Crippen molar-refractivity contribution in [1.82, 2.24) is 0 Å². The van der Waals surface area contributed by atoms with Crippen molar-refractivity contribution in [1.29, 1.82) is 0 Å². The molecular formula is C6H12O5S. The van der Waals surface area contributed by atoms with Crippen LogP contribution in [0.2, 0.25) is 0 Å². The van der Waals surface area contributed by atoms with Gasteiger partial charge in [0.1, 0.15) is 18.8 Å². The van der Waals surface area contributed by atoms with Gasteiger partial charge in [0.15, 0.2) is 5.78 Å². The van der Waals surface area contributed by atoms with Crippen molar-refractivity contribution in [2.75, 3.05) is 19.5 Å². The minimum Gasteiger partial charge on any atom is -0.388 e. The Morgan fingerprint density at radius 1 is 1.58 bits per heavy atom. The van der Waals surface area contributed by atoms with E-state index < -0.39 is 24.6 Å². The Hall–Kier alpha value is -0.140. The van der Waals surface area contributed by atoms with Gasteiger partial charge in [0.05, 0.1) is 6.61 Å². The van der Waals surface area contributed by atoms with Gasteiger partial charge in [-0.2, -0.15) is 0 Å². The lowest BCUT2D eigenvalue weighted by Gasteiger charge is -2.14. The Labute approximate surface area is 74.6 Å². The van der Waals surface area contributed by atoms with E-state index >= 15 is 0 Å². The van der Waals surface area contributed by atoms with Gasteiger partial charge in [0.25, 0.3) is 0 Å². The molecule has 0 aliphatic carbocycles. The molecule has 0 rings (SSSR count). The standard InChI is InChI=1S/C6H12O5S/c1-12-11-3-5(9)6(10)4(8)2-7/h5-7,9-10H,2-3H2,1H3/t5-,6+/m1/s1. The van der Waals surface area contributed by atoms with Gasteiger partial charge in [-0.1, -0.05) is 0 Å². The first-order chi connectivity index (χ1) is 5.63. The third kappa shape index (κ3) is 4.03. The molecule has 0 saturated heterocycles. The maximum Gasteiger partial charge on any atom is 0.189 e. The van der Waals surface area contributed by atoms with Crippen molar-refractivity contribution in [2.45, 2.75) is 12.2 Å². The zero-order chi connectivity index (χ0) is 9.56. The molecular weight excluding hydrogens is 184 g/mol. The van der Waals surface area contributed by atoms with Crippen LogP contribution in [0.4, 0.5) is 0 Å². The second kappa shape index (κ2) is 6.38. The summed E-state index contributed by atoms with van der Waals surface area (Å²) in [5.74, 6) is -0.813. The highest BCUT2D eigenvalue weighted by molar-refractivity contribution is 7.93. The van der Waals surface area contributed by atoms with Gasteiger partial charge < -0.3 is 19.5 Å². The number of carbonyl (C=O) groups excluding carboxylic acids is 1. The van der Waals surface area contributed by atoms with E-state index in [1.165, 1.54) is 0 Å². The predicted molar refractivity (Wildman–Crippen MR) is 43.6 cm³/mol. The van der Waals surface area contributed by atoms with E-state index in [1.807, 2.05) is 0 Å². The predicted octanol–water partition coefficient (Wildman–Crippen LogP) is -1.44. The fourth-order valence-electron chi connectivity index (χ4n) is 0.537. The Bertz CT molecular complexity index is 140. The summed E-state index contributed by atoms with van der Waals surface area (Å²) in [7, 11) is 0. The van der Waals surface area contributed by atoms with Crippen molar-refractivity contribution in [2.24, 2.45) is 0 Å². The molecule has 0 aliphatic heterocycles. The van der Waals surface area contributed by atoms with Gasteiger partial charge in [0.2, 0.25) is 0 Å². The molecule has 0 amide bonds. The lowest BCUT2D eigenvalue weighted by molar-refractivity contribution is -0.136. The van der Waals surface area contributed by atoms with E-state index in [4.69, 9.17) is 15.3 Å². The summed E-state index contributed by atoms with van der Waals surface area (Å²) in [5, 5.41) is 26.3. The first kappa shape index (κ1) is 11.9. The summed E-state index contributed by atoms with van der Waals surface area (Å²) in [6, 6.07) is 0. The van der Waals surface area contributed by atoms with Crippen LogP contribution in [0.25, 0.3) is 0 Å². The van der Waals surface area contributed by atoms with E-state index in [2.05, 4.69) is 4.18 Å². The molecule has 0 unspecified atom stereocenters. The van der Waals surface area contributed by atoms with Crippen molar-refractivity contribution in [3.05, 3.63) is 0 Å². The molecule has 5 nitrogen and oxygen atoms in total. The first-order valence-electron chi connectivity index (χ1n) is 3.28. The number of carbonyl (C=O) groups is 1. The highest BCUT2D eigenvalue weighted by Gasteiger charge is 2.23. The van der Waals surface area contributed by atoms with Gasteiger partial charge in [-0.05, 0) is 12.0 Å². The van der Waals surface area contributed by atoms with E-state index in [1.54, 1.807) is 6.26 Å². The van der Waals surface area contributed by atoms with Crippen LogP contribution in [0.5, 0.6) is 0 Å². The smallest absolute Gasteiger partial charge is 0.189 e. The Morgan fingerprint density at radius 3 is 2.58 bits per heavy atom. The molecule has 0 aliphatic rings. The van der Waals surface area contributed by atoms with Gasteiger partial charge in [-0.15, -0.1) is 0 Å². The molecule has 2 atom stereocenters. The lowest BCUT2D eigenvalue weighted by Crippen LogP contribution is -2.38. The number of aliphatic hydroxyl groups is 3. The Kier molecular flexibility index (Phi) is 6.31.